The molecule has 2 heterocycles. The Hall–Kier alpha value is -2.54. The summed E-state index contributed by atoms with van der Waals surface area (Å²) in [5.41, 5.74) is 0.0393. The Morgan fingerprint density at radius 3 is 2.86 bits per heavy atom. The van der Waals surface area contributed by atoms with E-state index in [4.69, 9.17) is 5.26 Å². The third-order valence-corrected chi connectivity index (χ3v) is 6.04. The summed E-state index contributed by atoms with van der Waals surface area (Å²) in [6.45, 7) is 3.29. The molecule has 148 valence electrons. The third-order valence-electron chi connectivity index (χ3n) is 4.79. The number of carbonyl (C=O) groups is 1. The normalized spacial score (nSPS) is 19.4. The summed E-state index contributed by atoms with van der Waals surface area (Å²) in [7, 11) is 0.107. The van der Waals surface area contributed by atoms with Crippen molar-refractivity contribution in [2.24, 2.45) is 7.05 Å². The lowest BCUT2D eigenvalue weighted by molar-refractivity contribution is 0.0439. The molecular weight excluding hydrogens is 383 g/mol. The lowest BCUT2D eigenvalue weighted by Gasteiger charge is -2.28. The predicted octanol–water partition coefficient (Wildman–Crippen LogP) is 1.99. The second-order valence-electron chi connectivity index (χ2n) is 7.32. The maximum Gasteiger partial charge on any atom is 0.272 e. The van der Waals surface area contributed by atoms with E-state index in [9.17, 15) is 18.5 Å². The summed E-state index contributed by atoms with van der Waals surface area (Å²) in [5.74, 6) is -1.11. The van der Waals surface area contributed by atoms with E-state index >= 15 is 0 Å². The second kappa shape index (κ2) is 7.47. The molecule has 7 nitrogen and oxygen atoms in total. The number of nitrogens with one attached hydrogen (secondary N) is 2. The number of carbonyl (C=O) groups excluding carboxylic acids is 1. The predicted molar refractivity (Wildman–Crippen MR) is 102 cm³/mol. The molecule has 2 aromatic rings. The number of nitriles is 1. The smallest absolute Gasteiger partial charge is 0.272 e. The number of nitrogens with zero attached hydrogens (tertiary/aromatic N) is 2. The largest absolute Gasteiger partial charge is 0.389 e. The minimum absolute atomic E-state index is 0.165. The average Bonchev–Trinajstić information content (AvgIpc) is 2.86. The van der Waals surface area contributed by atoms with Crippen LogP contribution in [0.5, 0.6) is 0 Å². The molecule has 28 heavy (non-hydrogen) atoms. The maximum absolute atomic E-state index is 13.5. The summed E-state index contributed by atoms with van der Waals surface area (Å²) in [6.07, 6.45) is 2.59. The number of benzene rings is 1. The number of aromatic nitrogens is 1. The van der Waals surface area contributed by atoms with Crippen LogP contribution in [0, 0.1) is 17.1 Å². The molecule has 1 aliphatic heterocycles. The van der Waals surface area contributed by atoms with E-state index in [0.29, 0.717) is 34.7 Å². The molecule has 0 saturated carbocycles. The quantitative estimate of drug-likeness (QED) is 0.727. The minimum Gasteiger partial charge on any atom is -0.389 e. The number of halogens is 1. The van der Waals surface area contributed by atoms with E-state index in [2.05, 4.69) is 10.0 Å². The molecule has 3 N–H and O–H groups in total. The van der Waals surface area contributed by atoms with Crippen molar-refractivity contribution in [3.63, 3.8) is 0 Å². The standard InChI is InChI=1S/C19H21FN4O3S/c1-19(2,26)16-7-5-13-15(28(27)23-16)10-24(3)17(13)18(25)22-12-4-6-14(20)11(8-12)9-21/h4,6,8,10,16,23,26H,5,7H2,1-3H3,(H,22,25). The van der Waals surface area contributed by atoms with E-state index in [-0.39, 0.29) is 5.56 Å². The monoisotopic (exact) mass is 404 g/mol. The zero-order valence-electron chi connectivity index (χ0n) is 15.7. The highest BCUT2D eigenvalue weighted by Crippen LogP contribution is 2.28. The number of rotatable bonds is 3. The Balaban J connectivity index is 1.92. The Labute approximate surface area is 164 Å². The molecule has 3 rings (SSSR count). The first-order chi connectivity index (χ1) is 13.1. The molecule has 1 aromatic carbocycles. The van der Waals surface area contributed by atoms with Gasteiger partial charge in [0.1, 0.15) is 28.6 Å². The number of amides is 1. The highest BCUT2D eigenvalue weighted by atomic mass is 32.2. The number of hydrogen-bond donors (Lipinski definition) is 3. The fourth-order valence-electron chi connectivity index (χ4n) is 3.26. The van der Waals surface area contributed by atoms with Crippen LogP contribution in [0.2, 0.25) is 0 Å². The topological polar surface area (TPSA) is 107 Å². The van der Waals surface area contributed by atoms with Crippen molar-refractivity contribution < 1.29 is 18.5 Å². The summed E-state index contributed by atoms with van der Waals surface area (Å²) >= 11 is 0. The average molecular weight is 404 g/mol. The molecule has 0 bridgehead atoms. The van der Waals surface area contributed by atoms with Gasteiger partial charge >= 0.3 is 0 Å². The molecule has 1 aliphatic rings. The van der Waals surface area contributed by atoms with E-state index < -0.39 is 34.4 Å². The molecule has 0 spiro atoms. The highest BCUT2D eigenvalue weighted by molar-refractivity contribution is 7.83. The highest BCUT2D eigenvalue weighted by Gasteiger charge is 2.34. The number of hydrogen-bond acceptors (Lipinski definition) is 4. The second-order valence-corrected chi connectivity index (χ2v) is 8.54. The van der Waals surface area contributed by atoms with Crippen molar-refractivity contribution in [3.8, 4) is 6.07 Å². The van der Waals surface area contributed by atoms with Gasteiger partial charge < -0.3 is 15.0 Å². The summed E-state index contributed by atoms with van der Waals surface area (Å²) in [4.78, 5) is 13.4. The molecule has 2 atom stereocenters. The molecule has 0 aliphatic carbocycles. The van der Waals surface area contributed by atoms with Crippen LogP contribution in [-0.4, -0.2) is 31.4 Å². The Morgan fingerprint density at radius 2 is 2.21 bits per heavy atom. The van der Waals surface area contributed by atoms with Crippen molar-refractivity contribution in [2.75, 3.05) is 5.32 Å². The van der Waals surface area contributed by atoms with Crippen LogP contribution in [0.1, 0.15) is 41.9 Å². The zero-order valence-corrected chi connectivity index (χ0v) is 16.6. The van der Waals surface area contributed by atoms with Crippen molar-refractivity contribution in [2.45, 2.75) is 43.2 Å². The van der Waals surface area contributed by atoms with Crippen molar-refractivity contribution in [1.82, 2.24) is 9.29 Å². The lowest BCUT2D eigenvalue weighted by Crippen LogP contribution is -2.46. The summed E-state index contributed by atoms with van der Waals surface area (Å²) in [6, 6.07) is 5.10. The lowest BCUT2D eigenvalue weighted by atomic mass is 9.93. The zero-order chi connectivity index (χ0) is 20.6. The fourth-order valence-corrected chi connectivity index (χ4v) is 4.73. The van der Waals surface area contributed by atoms with Gasteiger partial charge in [-0.3, -0.25) is 4.79 Å². The van der Waals surface area contributed by atoms with E-state index in [1.54, 1.807) is 37.7 Å². The van der Waals surface area contributed by atoms with Gasteiger partial charge in [-0.15, -0.1) is 0 Å². The van der Waals surface area contributed by atoms with Crippen molar-refractivity contribution in [1.29, 1.82) is 5.26 Å². The van der Waals surface area contributed by atoms with Crippen LogP contribution < -0.4 is 10.0 Å². The van der Waals surface area contributed by atoms with Gasteiger partial charge in [0, 0.05) is 30.5 Å². The Morgan fingerprint density at radius 1 is 1.50 bits per heavy atom. The number of fused-ring (bicyclic) bond motifs is 1. The van der Waals surface area contributed by atoms with Gasteiger partial charge in [-0.1, -0.05) is 0 Å². The van der Waals surface area contributed by atoms with E-state index in [1.165, 1.54) is 12.1 Å². The molecule has 1 amide bonds. The molecule has 0 fully saturated rings. The van der Waals surface area contributed by atoms with Crippen LogP contribution in [0.25, 0.3) is 0 Å². The van der Waals surface area contributed by atoms with Crippen molar-refractivity contribution in [3.05, 3.63) is 47.0 Å². The molecule has 9 heteroatoms. The Kier molecular flexibility index (Phi) is 5.39. The van der Waals surface area contributed by atoms with Crippen LogP contribution in [-0.2, 0) is 24.5 Å². The summed E-state index contributed by atoms with van der Waals surface area (Å²) < 4.78 is 30.7. The first-order valence-corrected chi connectivity index (χ1v) is 9.86. The van der Waals surface area contributed by atoms with Gasteiger partial charge in [0.2, 0.25) is 0 Å². The van der Waals surface area contributed by atoms with E-state index in [0.717, 1.165) is 6.07 Å². The number of aliphatic hydroxyl groups is 1. The molecular formula is C19H21FN4O3S. The van der Waals surface area contributed by atoms with Crippen LogP contribution >= 0.6 is 0 Å². The van der Waals surface area contributed by atoms with E-state index in [1.807, 2.05) is 0 Å². The van der Waals surface area contributed by atoms with Crippen LogP contribution in [0.4, 0.5) is 10.1 Å². The van der Waals surface area contributed by atoms with Gasteiger partial charge in [0.25, 0.3) is 5.91 Å². The fraction of sp³-hybridized carbons (Fsp3) is 0.368. The van der Waals surface area contributed by atoms with Gasteiger partial charge in [-0.2, -0.15) is 5.26 Å². The van der Waals surface area contributed by atoms with Gasteiger partial charge in [-0.25, -0.2) is 13.3 Å². The number of anilines is 1. The molecule has 0 radical (unpaired) electrons. The Bertz CT molecular complexity index is 1000. The third kappa shape index (κ3) is 3.85. The molecule has 0 saturated heterocycles. The summed E-state index contributed by atoms with van der Waals surface area (Å²) in [5, 5.41) is 21.9. The molecule has 2 unspecified atom stereocenters. The minimum atomic E-state index is -1.57. The van der Waals surface area contributed by atoms with Crippen LogP contribution in [0.3, 0.4) is 0 Å². The first kappa shape index (κ1) is 20.2. The maximum atomic E-state index is 13.5. The van der Waals surface area contributed by atoms with Crippen LogP contribution in [0.15, 0.2) is 29.3 Å². The molecule has 1 aromatic heterocycles. The number of aryl methyl sites for hydroxylation is 1. The van der Waals surface area contributed by atoms with Gasteiger partial charge in [-0.05, 0) is 44.9 Å². The SMILES string of the molecule is Cn1cc2c(c1C(=O)Nc1ccc(F)c(C#N)c1)CCC(C(C)(C)O)NS2=O. The first-order valence-electron chi connectivity index (χ1n) is 8.71. The van der Waals surface area contributed by atoms with Gasteiger partial charge in [0.05, 0.1) is 16.1 Å². The van der Waals surface area contributed by atoms with Crippen molar-refractivity contribution >= 4 is 22.6 Å². The van der Waals surface area contributed by atoms with Gasteiger partial charge in [0.15, 0.2) is 0 Å².